The molecule has 0 saturated carbocycles. The van der Waals surface area contributed by atoms with Crippen molar-refractivity contribution in [3.8, 4) is 0 Å². The summed E-state index contributed by atoms with van der Waals surface area (Å²) < 4.78 is 40.4. The van der Waals surface area contributed by atoms with Crippen LogP contribution in [0.25, 0.3) is 0 Å². The van der Waals surface area contributed by atoms with Gasteiger partial charge < -0.3 is 10.6 Å². The lowest BCUT2D eigenvalue weighted by atomic mass is 9.95. The van der Waals surface area contributed by atoms with Crippen molar-refractivity contribution < 1.29 is 22.4 Å². The van der Waals surface area contributed by atoms with E-state index in [1.54, 1.807) is 6.20 Å². The molecule has 0 unspecified atom stereocenters. The van der Waals surface area contributed by atoms with Crippen LogP contribution in [0.2, 0.25) is 0 Å². The van der Waals surface area contributed by atoms with E-state index in [4.69, 9.17) is 0 Å². The van der Waals surface area contributed by atoms with Crippen LogP contribution in [-0.2, 0) is 19.6 Å². The number of anilines is 1. The van der Waals surface area contributed by atoms with Gasteiger partial charge in [0.25, 0.3) is 0 Å². The first-order valence-corrected chi connectivity index (χ1v) is 13.2. The van der Waals surface area contributed by atoms with Crippen molar-refractivity contribution in [2.24, 2.45) is 11.8 Å². The highest BCUT2D eigenvalue weighted by Crippen LogP contribution is 2.25. The number of sulfonamides is 1. The van der Waals surface area contributed by atoms with Crippen LogP contribution in [0, 0.1) is 24.6 Å². The maximum Gasteiger partial charge on any atom is 0.249 e. The molecule has 1 fully saturated rings. The van der Waals surface area contributed by atoms with Crippen molar-refractivity contribution in [3.63, 3.8) is 0 Å². The number of hydrogen-bond donors (Lipinski definition) is 2. The minimum absolute atomic E-state index is 0.00601. The number of carbonyl (C=O) groups is 2. The fourth-order valence-corrected chi connectivity index (χ4v) is 5.89. The molecule has 1 saturated heterocycles. The SMILES string of the molecule is CC[C@H](C)[C@H](NC(=O)[C@@H]1CCCN(S(=O)(=O)c2ccc(F)cc2)C1)C(=O)Nc1ncc(C)s1. The smallest absolute Gasteiger partial charge is 0.249 e. The van der Waals surface area contributed by atoms with E-state index in [2.05, 4.69) is 15.6 Å². The van der Waals surface area contributed by atoms with Crippen LogP contribution in [0.15, 0.2) is 35.4 Å². The lowest BCUT2D eigenvalue weighted by Gasteiger charge is -2.32. The van der Waals surface area contributed by atoms with Crippen LogP contribution in [-0.4, -0.2) is 48.7 Å². The molecular formula is C22H29FN4O4S2. The van der Waals surface area contributed by atoms with Crippen molar-refractivity contribution in [3.05, 3.63) is 41.2 Å². The van der Waals surface area contributed by atoms with Crippen LogP contribution in [0.1, 0.15) is 38.0 Å². The standard InChI is InChI=1S/C22H29FN4O4S2/c1-4-14(2)19(21(29)26-22-24-12-15(3)32-22)25-20(28)16-6-5-11-27(13-16)33(30,31)18-9-7-17(23)8-10-18/h7-10,12,14,16,19H,4-6,11,13H2,1-3H3,(H,25,28)(H,24,26,29)/t14-,16+,19-/m0/s1. The van der Waals surface area contributed by atoms with E-state index >= 15 is 0 Å². The molecule has 2 amide bonds. The van der Waals surface area contributed by atoms with Crippen LogP contribution in [0.3, 0.4) is 0 Å². The first-order chi connectivity index (χ1) is 15.6. The van der Waals surface area contributed by atoms with E-state index in [1.165, 1.54) is 27.8 Å². The summed E-state index contributed by atoms with van der Waals surface area (Å²) in [4.78, 5) is 31.0. The molecule has 0 bridgehead atoms. The molecule has 1 aromatic carbocycles. The molecule has 0 radical (unpaired) electrons. The Hall–Kier alpha value is -2.37. The first-order valence-electron chi connectivity index (χ1n) is 10.9. The van der Waals surface area contributed by atoms with Gasteiger partial charge in [0.05, 0.1) is 10.8 Å². The Labute approximate surface area is 197 Å². The molecule has 11 heteroatoms. The second-order valence-electron chi connectivity index (χ2n) is 8.29. The number of benzene rings is 1. The topological polar surface area (TPSA) is 108 Å². The maximum absolute atomic E-state index is 13.2. The van der Waals surface area contributed by atoms with E-state index in [0.717, 1.165) is 17.0 Å². The van der Waals surface area contributed by atoms with Crippen LogP contribution in [0.5, 0.6) is 0 Å². The number of thiazole rings is 1. The molecule has 33 heavy (non-hydrogen) atoms. The normalized spacial score (nSPS) is 19.0. The van der Waals surface area contributed by atoms with E-state index < -0.39 is 27.8 Å². The summed E-state index contributed by atoms with van der Waals surface area (Å²) in [6, 6.07) is 3.87. The molecule has 1 aliphatic heterocycles. The molecule has 8 nitrogen and oxygen atoms in total. The van der Waals surface area contributed by atoms with Crippen molar-refractivity contribution in [1.82, 2.24) is 14.6 Å². The molecule has 2 heterocycles. The number of aryl methyl sites for hydroxylation is 1. The fraction of sp³-hybridized carbons (Fsp3) is 0.500. The predicted molar refractivity (Wildman–Crippen MR) is 125 cm³/mol. The van der Waals surface area contributed by atoms with E-state index in [1.807, 2.05) is 20.8 Å². The van der Waals surface area contributed by atoms with Crippen molar-refractivity contribution in [2.75, 3.05) is 18.4 Å². The monoisotopic (exact) mass is 496 g/mol. The van der Waals surface area contributed by atoms with E-state index in [0.29, 0.717) is 24.4 Å². The molecule has 1 aromatic heterocycles. The van der Waals surface area contributed by atoms with Gasteiger partial charge in [0, 0.05) is 24.2 Å². The number of aromatic nitrogens is 1. The first kappa shape index (κ1) is 25.3. The lowest BCUT2D eigenvalue weighted by Crippen LogP contribution is -2.52. The Balaban J connectivity index is 1.70. The van der Waals surface area contributed by atoms with Gasteiger partial charge in [0.2, 0.25) is 21.8 Å². The molecule has 0 spiro atoms. The Morgan fingerprint density at radius 2 is 2.00 bits per heavy atom. The quantitative estimate of drug-likeness (QED) is 0.584. The van der Waals surface area contributed by atoms with E-state index in [-0.39, 0.29) is 35.7 Å². The molecule has 2 aromatic rings. The zero-order valence-electron chi connectivity index (χ0n) is 18.9. The number of halogens is 1. The number of nitrogens with one attached hydrogen (secondary N) is 2. The zero-order valence-corrected chi connectivity index (χ0v) is 20.5. The Morgan fingerprint density at radius 1 is 1.30 bits per heavy atom. The average Bonchev–Trinajstić information content (AvgIpc) is 3.21. The second kappa shape index (κ2) is 10.7. The molecule has 3 atom stereocenters. The van der Waals surface area contributed by atoms with Gasteiger partial charge in [-0.3, -0.25) is 9.59 Å². The largest absolute Gasteiger partial charge is 0.344 e. The third-order valence-electron chi connectivity index (χ3n) is 5.85. The van der Waals surface area contributed by atoms with Crippen molar-refractivity contribution in [2.45, 2.75) is 51.0 Å². The number of amides is 2. The minimum atomic E-state index is -3.85. The number of nitrogens with zero attached hydrogens (tertiary/aromatic N) is 2. The Morgan fingerprint density at radius 3 is 2.61 bits per heavy atom. The van der Waals surface area contributed by atoms with Crippen LogP contribution >= 0.6 is 11.3 Å². The summed E-state index contributed by atoms with van der Waals surface area (Å²) in [6.45, 7) is 5.98. The Bertz CT molecular complexity index is 1090. The highest BCUT2D eigenvalue weighted by atomic mass is 32.2. The minimum Gasteiger partial charge on any atom is -0.344 e. The number of carbonyl (C=O) groups excluding carboxylic acids is 2. The highest BCUT2D eigenvalue weighted by Gasteiger charge is 2.35. The van der Waals surface area contributed by atoms with Gasteiger partial charge in [0.1, 0.15) is 11.9 Å². The van der Waals surface area contributed by atoms with Crippen molar-refractivity contribution >= 4 is 38.3 Å². The zero-order chi connectivity index (χ0) is 24.2. The molecule has 180 valence electrons. The summed E-state index contributed by atoms with van der Waals surface area (Å²) in [5.74, 6) is -1.94. The highest BCUT2D eigenvalue weighted by molar-refractivity contribution is 7.89. The molecule has 3 rings (SSSR count). The summed E-state index contributed by atoms with van der Waals surface area (Å²) in [6.07, 6.45) is 3.36. The molecule has 1 aliphatic rings. The fourth-order valence-electron chi connectivity index (χ4n) is 3.70. The van der Waals surface area contributed by atoms with Gasteiger partial charge in [-0.15, -0.1) is 11.3 Å². The average molecular weight is 497 g/mol. The molecule has 2 N–H and O–H groups in total. The molecular weight excluding hydrogens is 467 g/mol. The van der Waals surface area contributed by atoms with Crippen LogP contribution < -0.4 is 10.6 Å². The van der Waals surface area contributed by atoms with Gasteiger partial charge >= 0.3 is 0 Å². The summed E-state index contributed by atoms with van der Waals surface area (Å²) in [7, 11) is -3.85. The Kier molecular flexibility index (Phi) is 8.19. The third kappa shape index (κ3) is 6.15. The third-order valence-corrected chi connectivity index (χ3v) is 8.56. The summed E-state index contributed by atoms with van der Waals surface area (Å²) >= 11 is 1.35. The summed E-state index contributed by atoms with van der Waals surface area (Å²) in [5, 5.41) is 6.07. The van der Waals surface area contributed by atoms with Gasteiger partial charge in [-0.1, -0.05) is 20.3 Å². The van der Waals surface area contributed by atoms with E-state index in [9.17, 15) is 22.4 Å². The predicted octanol–water partition coefficient (Wildman–Crippen LogP) is 3.16. The molecule has 0 aliphatic carbocycles. The maximum atomic E-state index is 13.2. The summed E-state index contributed by atoms with van der Waals surface area (Å²) in [5.41, 5.74) is 0. The van der Waals surface area contributed by atoms with Crippen molar-refractivity contribution in [1.29, 1.82) is 0 Å². The lowest BCUT2D eigenvalue weighted by molar-refractivity contribution is -0.131. The number of rotatable bonds is 8. The van der Waals surface area contributed by atoms with Gasteiger partial charge in [0.15, 0.2) is 5.13 Å². The van der Waals surface area contributed by atoms with Gasteiger partial charge in [-0.2, -0.15) is 4.31 Å². The van der Waals surface area contributed by atoms with Gasteiger partial charge in [-0.25, -0.2) is 17.8 Å². The number of hydrogen-bond acceptors (Lipinski definition) is 6. The second-order valence-corrected chi connectivity index (χ2v) is 11.5. The van der Waals surface area contributed by atoms with Gasteiger partial charge in [-0.05, 0) is 49.9 Å². The number of piperidine rings is 1. The van der Waals surface area contributed by atoms with Crippen LogP contribution in [0.4, 0.5) is 9.52 Å².